The Hall–Kier alpha value is -3.44. The summed E-state index contributed by atoms with van der Waals surface area (Å²) < 4.78 is 32.8. The van der Waals surface area contributed by atoms with Crippen molar-refractivity contribution in [1.82, 2.24) is 14.5 Å². The quantitative estimate of drug-likeness (QED) is 0.444. The number of aliphatic carboxylic acids is 1. The van der Waals surface area contributed by atoms with E-state index in [1.807, 2.05) is 18.2 Å². The zero-order valence-electron chi connectivity index (χ0n) is 22.5. The van der Waals surface area contributed by atoms with E-state index in [4.69, 9.17) is 4.74 Å². The molecule has 2 N–H and O–H groups in total. The van der Waals surface area contributed by atoms with Gasteiger partial charge in [-0.25, -0.2) is 18.0 Å². The maximum absolute atomic E-state index is 13.2. The molecule has 40 heavy (non-hydrogen) atoms. The van der Waals surface area contributed by atoms with Gasteiger partial charge >= 0.3 is 12.1 Å². The fourth-order valence-corrected chi connectivity index (χ4v) is 6.69. The van der Waals surface area contributed by atoms with E-state index in [-0.39, 0.29) is 56.4 Å². The number of hydrogen-bond donors (Lipinski definition) is 2. The van der Waals surface area contributed by atoms with Gasteiger partial charge in [-0.1, -0.05) is 61.7 Å². The van der Waals surface area contributed by atoms with Gasteiger partial charge in [0.05, 0.1) is 4.90 Å². The third-order valence-electron chi connectivity index (χ3n) is 7.64. The molecule has 4 rings (SSSR count). The molecule has 0 aromatic heterocycles. The van der Waals surface area contributed by atoms with E-state index in [0.29, 0.717) is 5.92 Å². The van der Waals surface area contributed by atoms with Crippen molar-refractivity contribution in [1.29, 1.82) is 0 Å². The Morgan fingerprint density at radius 3 is 2.20 bits per heavy atom. The van der Waals surface area contributed by atoms with Crippen LogP contribution < -0.4 is 5.32 Å². The summed E-state index contributed by atoms with van der Waals surface area (Å²) in [7, 11) is -3.68. The van der Waals surface area contributed by atoms with Gasteiger partial charge in [0, 0.05) is 32.6 Å². The van der Waals surface area contributed by atoms with E-state index >= 15 is 0 Å². The Morgan fingerprint density at radius 1 is 0.925 bits per heavy atom. The minimum absolute atomic E-state index is 0.00418. The third kappa shape index (κ3) is 7.82. The zero-order chi connectivity index (χ0) is 28.5. The second-order valence-electron chi connectivity index (χ2n) is 10.3. The van der Waals surface area contributed by atoms with Gasteiger partial charge in [0.2, 0.25) is 15.9 Å². The van der Waals surface area contributed by atoms with Crippen LogP contribution in [0.15, 0.2) is 59.5 Å². The number of piperazine rings is 1. The smallest absolute Gasteiger partial charge is 0.408 e. The molecule has 0 unspecified atom stereocenters. The zero-order valence-corrected chi connectivity index (χ0v) is 23.4. The summed E-state index contributed by atoms with van der Waals surface area (Å²) in [4.78, 5) is 38.2. The topological polar surface area (TPSA) is 133 Å². The van der Waals surface area contributed by atoms with Crippen LogP contribution in [-0.2, 0) is 31.0 Å². The summed E-state index contributed by atoms with van der Waals surface area (Å²) in [5.41, 5.74) is 1.95. The summed E-state index contributed by atoms with van der Waals surface area (Å²) in [6.07, 6.45) is 4.87. The molecule has 216 valence electrons. The second kappa shape index (κ2) is 13.8. The van der Waals surface area contributed by atoms with E-state index in [2.05, 4.69) is 5.32 Å². The normalized spacial score (nSPS) is 17.6. The van der Waals surface area contributed by atoms with Crippen molar-refractivity contribution in [2.45, 2.75) is 68.4 Å². The lowest BCUT2D eigenvalue weighted by molar-refractivity contribution is -0.140. The number of ether oxygens (including phenoxy) is 1. The number of amides is 2. The summed E-state index contributed by atoms with van der Waals surface area (Å²) in [5.74, 6) is -1.06. The van der Waals surface area contributed by atoms with E-state index in [0.717, 1.165) is 18.4 Å². The molecule has 1 aliphatic heterocycles. The van der Waals surface area contributed by atoms with Crippen LogP contribution in [0.2, 0.25) is 0 Å². The van der Waals surface area contributed by atoms with Crippen LogP contribution in [0.4, 0.5) is 4.79 Å². The van der Waals surface area contributed by atoms with Crippen molar-refractivity contribution < 1.29 is 32.6 Å². The maximum atomic E-state index is 13.2. The lowest BCUT2D eigenvalue weighted by Crippen LogP contribution is -2.50. The van der Waals surface area contributed by atoms with Crippen molar-refractivity contribution in [2.75, 3.05) is 26.2 Å². The fraction of sp³-hybridized carbons (Fsp3) is 0.483. The van der Waals surface area contributed by atoms with Gasteiger partial charge in [-0.2, -0.15) is 4.31 Å². The van der Waals surface area contributed by atoms with Crippen LogP contribution in [0.3, 0.4) is 0 Å². The summed E-state index contributed by atoms with van der Waals surface area (Å²) in [6, 6.07) is 14.9. The molecular weight excluding hydrogens is 534 g/mol. The maximum Gasteiger partial charge on any atom is 0.408 e. The van der Waals surface area contributed by atoms with Crippen molar-refractivity contribution in [2.24, 2.45) is 0 Å². The monoisotopic (exact) mass is 571 g/mol. The van der Waals surface area contributed by atoms with Gasteiger partial charge in [-0.05, 0) is 48.4 Å². The molecule has 1 heterocycles. The standard InChI is InChI=1S/C29H37N3O7S/c33-27(16-15-26(28(34)35)30-29(36)39-21-22-7-3-1-4-8-22)31-17-19-32(20-18-31)40(37,38)25-13-11-24(12-14-25)23-9-5-2-6-10-23/h1,3-4,7-8,11-14,23,26H,2,5-6,9-10,15-21H2,(H,30,36)(H,34,35)/t26-/m0/s1. The third-order valence-corrected chi connectivity index (χ3v) is 9.55. The van der Waals surface area contributed by atoms with Gasteiger partial charge in [-0.15, -0.1) is 0 Å². The first kappa shape index (κ1) is 29.5. The molecular formula is C29H37N3O7S. The molecule has 0 radical (unpaired) electrons. The molecule has 1 atom stereocenters. The van der Waals surface area contributed by atoms with Crippen molar-refractivity contribution in [3.8, 4) is 0 Å². The summed E-state index contributed by atoms with van der Waals surface area (Å²) >= 11 is 0. The first-order valence-corrected chi connectivity index (χ1v) is 15.3. The number of carbonyl (C=O) groups excluding carboxylic acids is 2. The van der Waals surface area contributed by atoms with Crippen LogP contribution in [0.5, 0.6) is 0 Å². The molecule has 0 bridgehead atoms. The molecule has 10 nitrogen and oxygen atoms in total. The largest absolute Gasteiger partial charge is 0.480 e. The van der Waals surface area contributed by atoms with Crippen molar-refractivity contribution in [3.63, 3.8) is 0 Å². The number of carbonyl (C=O) groups is 3. The molecule has 2 aromatic carbocycles. The van der Waals surface area contributed by atoms with E-state index in [1.54, 1.807) is 36.4 Å². The summed E-state index contributed by atoms with van der Waals surface area (Å²) in [6.45, 7) is 0.733. The number of nitrogens with one attached hydrogen (secondary N) is 1. The van der Waals surface area contributed by atoms with Gasteiger partial charge < -0.3 is 20.1 Å². The van der Waals surface area contributed by atoms with Gasteiger partial charge in [0.25, 0.3) is 0 Å². The van der Waals surface area contributed by atoms with Crippen LogP contribution in [-0.4, -0.2) is 72.9 Å². The van der Waals surface area contributed by atoms with E-state index in [9.17, 15) is 27.9 Å². The van der Waals surface area contributed by atoms with Crippen LogP contribution in [0.1, 0.15) is 62.0 Å². The average molecular weight is 572 g/mol. The Labute approximate surface area is 235 Å². The Bertz CT molecular complexity index is 1250. The molecule has 1 aliphatic carbocycles. The van der Waals surface area contributed by atoms with Gasteiger partial charge in [-0.3, -0.25) is 4.79 Å². The minimum Gasteiger partial charge on any atom is -0.480 e. The molecule has 1 saturated heterocycles. The number of hydrogen-bond acceptors (Lipinski definition) is 6. The van der Waals surface area contributed by atoms with Crippen LogP contribution in [0.25, 0.3) is 0 Å². The highest BCUT2D eigenvalue weighted by molar-refractivity contribution is 7.89. The second-order valence-corrected chi connectivity index (χ2v) is 12.3. The molecule has 11 heteroatoms. The lowest BCUT2D eigenvalue weighted by atomic mass is 9.84. The summed E-state index contributed by atoms with van der Waals surface area (Å²) in [5, 5.41) is 11.8. The van der Waals surface area contributed by atoms with Crippen molar-refractivity contribution >= 4 is 28.0 Å². The first-order valence-electron chi connectivity index (χ1n) is 13.8. The van der Waals surface area contributed by atoms with Gasteiger partial charge in [0.1, 0.15) is 12.6 Å². The van der Waals surface area contributed by atoms with Crippen molar-refractivity contribution in [3.05, 3.63) is 65.7 Å². The van der Waals surface area contributed by atoms with E-state index < -0.39 is 28.1 Å². The van der Waals surface area contributed by atoms with Crippen LogP contribution >= 0.6 is 0 Å². The Kier molecular flexibility index (Phi) is 10.2. The SMILES string of the molecule is O=C(N[C@@H](CCC(=O)N1CCN(S(=O)(=O)c2ccc(C3CCCCC3)cc2)CC1)C(=O)O)OCc1ccccc1. The molecule has 0 spiro atoms. The molecule has 2 aliphatic rings. The molecule has 2 aromatic rings. The highest BCUT2D eigenvalue weighted by Crippen LogP contribution is 2.33. The average Bonchev–Trinajstić information content (AvgIpc) is 2.99. The number of benzene rings is 2. The van der Waals surface area contributed by atoms with E-state index in [1.165, 1.54) is 34.0 Å². The number of carboxylic acids is 1. The number of carboxylic acid groups (broad SMARTS) is 1. The number of alkyl carbamates (subject to hydrolysis) is 1. The predicted octanol–water partition coefficient (Wildman–Crippen LogP) is 3.73. The lowest BCUT2D eigenvalue weighted by Gasteiger charge is -2.34. The fourth-order valence-electron chi connectivity index (χ4n) is 5.27. The first-order chi connectivity index (χ1) is 19.2. The molecule has 1 saturated carbocycles. The number of rotatable bonds is 10. The number of sulfonamides is 1. The van der Waals surface area contributed by atoms with Gasteiger partial charge in [0.15, 0.2) is 0 Å². The Balaban J connectivity index is 1.23. The molecule has 2 amide bonds. The highest BCUT2D eigenvalue weighted by Gasteiger charge is 2.31. The highest BCUT2D eigenvalue weighted by atomic mass is 32.2. The molecule has 2 fully saturated rings. The number of nitrogens with zero attached hydrogens (tertiary/aromatic N) is 2. The predicted molar refractivity (Wildman–Crippen MR) is 148 cm³/mol. The Morgan fingerprint density at radius 2 is 1.57 bits per heavy atom. The van der Waals surface area contributed by atoms with Crippen LogP contribution in [0, 0.1) is 0 Å². The minimum atomic E-state index is -3.68.